The maximum absolute atomic E-state index is 13.9. The van der Waals surface area contributed by atoms with Crippen LogP contribution in [0.2, 0.25) is 0 Å². The summed E-state index contributed by atoms with van der Waals surface area (Å²) >= 11 is 0. The number of carbonyl (C=O) groups excluding carboxylic acids is 3. The van der Waals surface area contributed by atoms with Crippen LogP contribution in [-0.4, -0.2) is 77.0 Å². The molecule has 1 aliphatic carbocycles. The number of likely N-dealkylation sites (tertiary alicyclic amines) is 1. The van der Waals surface area contributed by atoms with Gasteiger partial charge in [-0.05, 0) is 95.7 Å². The number of ketones is 1. The minimum absolute atomic E-state index is 0.0735. The highest BCUT2D eigenvalue weighted by atomic mass is 19.4. The Balaban J connectivity index is 1.60. The highest BCUT2D eigenvalue weighted by Gasteiger charge is 2.42. The number of hydrogen-bond acceptors (Lipinski definition) is 8. The van der Waals surface area contributed by atoms with Crippen molar-refractivity contribution in [2.45, 2.75) is 83.1 Å². The van der Waals surface area contributed by atoms with Crippen LogP contribution in [0.4, 0.5) is 30.4 Å². The summed E-state index contributed by atoms with van der Waals surface area (Å²) in [5.41, 5.74) is 1.65. The maximum atomic E-state index is 13.9. The highest BCUT2D eigenvalue weighted by Crippen LogP contribution is 2.39. The fraction of sp³-hybridized carbons (Fsp3) is 0.531. The molecule has 3 aliphatic rings. The van der Waals surface area contributed by atoms with Crippen LogP contribution in [0.3, 0.4) is 0 Å². The number of nitrogens with one attached hydrogen (secondary N) is 2. The topological polar surface area (TPSA) is 117 Å². The Labute approximate surface area is 260 Å². The Morgan fingerprint density at radius 3 is 2.47 bits per heavy atom. The molecule has 1 aromatic heterocycles. The molecule has 2 aromatic rings. The van der Waals surface area contributed by atoms with E-state index in [1.165, 1.54) is 6.08 Å². The molecular weight excluding hydrogens is 589 g/mol. The van der Waals surface area contributed by atoms with E-state index < -0.39 is 41.5 Å². The number of nitrogens with zero attached hydrogens (tertiary/aromatic N) is 4. The molecule has 3 atom stereocenters. The van der Waals surface area contributed by atoms with Crippen LogP contribution in [0, 0.1) is 5.92 Å². The van der Waals surface area contributed by atoms with E-state index in [0.29, 0.717) is 18.5 Å². The number of amides is 2. The average molecular weight is 629 g/mol. The summed E-state index contributed by atoms with van der Waals surface area (Å²) in [6.07, 6.45) is 1.16. The van der Waals surface area contributed by atoms with E-state index in [2.05, 4.69) is 26.8 Å². The minimum Gasteiger partial charge on any atom is -0.462 e. The van der Waals surface area contributed by atoms with Gasteiger partial charge in [-0.15, -0.1) is 0 Å². The lowest BCUT2D eigenvalue weighted by molar-refractivity contribution is -0.167. The fourth-order valence-corrected chi connectivity index (χ4v) is 6.82. The number of alkyl halides is 3. The molecule has 5 rings (SSSR count). The van der Waals surface area contributed by atoms with Crippen molar-refractivity contribution in [1.29, 1.82) is 0 Å². The van der Waals surface area contributed by atoms with Gasteiger partial charge in [-0.3, -0.25) is 14.4 Å². The number of allylic oxidation sites excluding steroid dienone is 1. The van der Waals surface area contributed by atoms with Gasteiger partial charge in [0.15, 0.2) is 17.3 Å². The quantitative estimate of drug-likeness (QED) is 0.376. The number of aromatic nitrogens is 2. The molecule has 10 nitrogen and oxygen atoms in total. The number of likely N-dealkylation sites (N-methyl/N-ethyl adjacent to an activating group) is 1. The van der Waals surface area contributed by atoms with E-state index in [0.717, 1.165) is 49.8 Å². The first-order valence-corrected chi connectivity index (χ1v) is 15.4. The number of fused-ring (bicyclic) bond motifs is 1. The molecule has 0 radical (unpaired) electrons. The molecule has 2 saturated heterocycles. The molecule has 2 fully saturated rings. The molecule has 45 heavy (non-hydrogen) atoms. The molecule has 3 heterocycles. The summed E-state index contributed by atoms with van der Waals surface area (Å²) in [6.45, 7) is 8.32. The van der Waals surface area contributed by atoms with E-state index in [-0.39, 0.29) is 36.2 Å². The second-order valence-corrected chi connectivity index (χ2v) is 12.2. The standard InChI is InChI=1S/C32H39F3N6O4/c1-5-25(42)21-15-18(2)41(19(3)16-21)28-26(37-30(44)32(33,34)35)27(38-31(39-28)45-17-22-11-8-14-40(22)4)29(43)36-24-13-7-10-20-9-6-12-23(20)24/h5,7,10,13,18-19,21-22H,1,6,8-9,11-12,14-17H2,2-4H3,(H,36,43)(H,37,44)/t18-,19-,22+/m0/s1. The van der Waals surface area contributed by atoms with Crippen LogP contribution >= 0.6 is 0 Å². The van der Waals surface area contributed by atoms with Crippen molar-refractivity contribution in [1.82, 2.24) is 14.9 Å². The molecule has 1 aromatic carbocycles. The summed E-state index contributed by atoms with van der Waals surface area (Å²) in [7, 11) is 1.97. The number of rotatable bonds is 9. The van der Waals surface area contributed by atoms with Crippen molar-refractivity contribution in [3.05, 3.63) is 47.7 Å². The van der Waals surface area contributed by atoms with Crippen molar-refractivity contribution in [3.8, 4) is 6.01 Å². The van der Waals surface area contributed by atoms with Gasteiger partial charge >= 0.3 is 18.1 Å². The van der Waals surface area contributed by atoms with Crippen LogP contribution in [0.1, 0.15) is 67.6 Å². The van der Waals surface area contributed by atoms with Crippen LogP contribution < -0.4 is 20.3 Å². The summed E-state index contributed by atoms with van der Waals surface area (Å²) in [6, 6.07) is 4.60. The first kappa shape index (κ1) is 32.4. The number of piperidine rings is 1. The zero-order chi connectivity index (χ0) is 32.5. The van der Waals surface area contributed by atoms with E-state index in [1.54, 1.807) is 11.0 Å². The second kappa shape index (κ2) is 13.2. The third kappa shape index (κ3) is 6.98. The normalized spacial score (nSPS) is 23.4. The minimum atomic E-state index is -5.24. The lowest BCUT2D eigenvalue weighted by Gasteiger charge is -2.43. The Kier molecular flexibility index (Phi) is 9.47. The Hall–Kier alpha value is -4.00. The van der Waals surface area contributed by atoms with Gasteiger partial charge in [-0.25, -0.2) is 0 Å². The molecule has 13 heteroatoms. The number of halogens is 3. The predicted octanol–water partition coefficient (Wildman–Crippen LogP) is 4.94. The third-order valence-electron chi connectivity index (χ3n) is 9.10. The van der Waals surface area contributed by atoms with Crippen molar-refractivity contribution in [2.75, 3.05) is 35.7 Å². The molecule has 242 valence electrons. The number of anilines is 3. The van der Waals surface area contributed by atoms with Gasteiger partial charge in [0, 0.05) is 29.7 Å². The lowest BCUT2D eigenvalue weighted by atomic mass is 9.84. The summed E-state index contributed by atoms with van der Waals surface area (Å²) < 4.78 is 46.9. The molecule has 2 N–H and O–H groups in total. The average Bonchev–Trinajstić information content (AvgIpc) is 3.64. The monoisotopic (exact) mass is 628 g/mol. The zero-order valence-corrected chi connectivity index (χ0v) is 25.7. The van der Waals surface area contributed by atoms with Crippen LogP contribution in [0.5, 0.6) is 6.01 Å². The van der Waals surface area contributed by atoms with Gasteiger partial charge in [0.1, 0.15) is 12.3 Å². The van der Waals surface area contributed by atoms with Crippen molar-refractivity contribution < 1.29 is 32.3 Å². The van der Waals surface area contributed by atoms with E-state index in [4.69, 9.17) is 4.74 Å². The predicted molar refractivity (Wildman–Crippen MR) is 164 cm³/mol. The first-order valence-electron chi connectivity index (χ1n) is 15.4. The smallest absolute Gasteiger partial charge is 0.462 e. The van der Waals surface area contributed by atoms with Gasteiger partial charge in [0.25, 0.3) is 5.91 Å². The highest BCUT2D eigenvalue weighted by molar-refractivity contribution is 6.11. The summed E-state index contributed by atoms with van der Waals surface area (Å²) in [5.74, 6) is -3.61. The van der Waals surface area contributed by atoms with Gasteiger partial charge in [-0.1, -0.05) is 18.7 Å². The van der Waals surface area contributed by atoms with Crippen LogP contribution in [0.15, 0.2) is 30.9 Å². The molecular formula is C32H39F3N6O4. The van der Waals surface area contributed by atoms with Gasteiger partial charge in [-0.2, -0.15) is 23.1 Å². The molecule has 0 spiro atoms. The number of carbonyl (C=O) groups is 3. The number of ether oxygens (including phenoxy) is 1. The van der Waals surface area contributed by atoms with Crippen LogP contribution in [-0.2, 0) is 22.4 Å². The Morgan fingerprint density at radius 1 is 1.09 bits per heavy atom. The molecule has 0 saturated carbocycles. The Bertz CT molecular complexity index is 1470. The summed E-state index contributed by atoms with van der Waals surface area (Å²) in [4.78, 5) is 51.5. The van der Waals surface area contributed by atoms with E-state index >= 15 is 0 Å². The van der Waals surface area contributed by atoms with Gasteiger partial charge < -0.3 is 25.2 Å². The SMILES string of the molecule is C=CC(=O)C1C[C@H](C)N(c2nc(OC[C@H]3CCCN3C)nc(C(=O)Nc3cccc4c3CCC4)c2NC(=O)C(F)(F)F)[C@@H](C)C1. The van der Waals surface area contributed by atoms with Crippen molar-refractivity contribution in [2.24, 2.45) is 5.92 Å². The van der Waals surface area contributed by atoms with E-state index in [1.807, 2.05) is 38.3 Å². The number of hydrogen-bond donors (Lipinski definition) is 2. The zero-order valence-electron chi connectivity index (χ0n) is 25.7. The third-order valence-corrected chi connectivity index (χ3v) is 9.10. The van der Waals surface area contributed by atoms with Gasteiger partial charge in [0.05, 0.1) is 0 Å². The number of benzene rings is 1. The molecule has 2 amide bonds. The molecule has 2 aliphatic heterocycles. The summed E-state index contributed by atoms with van der Waals surface area (Å²) in [5, 5.41) is 4.74. The van der Waals surface area contributed by atoms with Gasteiger partial charge in [0.2, 0.25) is 0 Å². The number of aryl methyl sites for hydroxylation is 1. The lowest BCUT2D eigenvalue weighted by Crippen LogP contribution is -2.49. The Morgan fingerprint density at radius 2 is 1.82 bits per heavy atom. The first-order chi connectivity index (χ1) is 21.4. The van der Waals surface area contributed by atoms with Crippen LogP contribution in [0.25, 0.3) is 0 Å². The largest absolute Gasteiger partial charge is 0.471 e. The molecule has 0 bridgehead atoms. The maximum Gasteiger partial charge on any atom is 0.471 e. The van der Waals surface area contributed by atoms with Crippen molar-refractivity contribution >= 4 is 34.8 Å². The second-order valence-electron chi connectivity index (χ2n) is 12.2. The van der Waals surface area contributed by atoms with Crippen molar-refractivity contribution in [3.63, 3.8) is 0 Å². The fourth-order valence-electron chi connectivity index (χ4n) is 6.82. The molecule has 0 unspecified atom stereocenters. The van der Waals surface area contributed by atoms with E-state index in [9.17, 15) is 27.6 Å².